The predicted octanol–water partition coefficient (Wildman–Crippen LogP) is -0.551. The van der Waals surface area contributed by atoms with Gasteiger partial charge in [0.25, 0.3) is 10.1 Å². The fourth-order valence-electron chi connectivity index (χ4n) is 0.534. The van der Waals surface area contributed by atoms with Gasteiger partial charge in [-0.05, 0) is 0 Å². The van der Waals surface area contributed by atoms with Crippen molar-refractivity contribution in [2.24, 2.45) is 0 Å². The molecule has 1 aromatic rings. The minimum absolute atomic E-state index is 0.708. The molecule has 0 atom stereocenters. The SMILES string of the molecule is CS(=O)(=O)O.[InH2][c]1ccccc1. The van der Waals surface area contributed by atoms with Crippen LogP contribution in [0.25, 0.3) is 0 Å². The van der Waals surface area contributed by atoms with Gasteiger partial charge in [0.05, 0.1) is 6.26 Å². The van der Waals surface area contributed by atoms with E-state index in [1.807, 2.05) is 0 Å². The average Bonchev–Trinajstić information content (AvgIpc) is 1.85. The molecule has 3 nitrogen and oxygen atoms in total. The van der Waals surface area contributed by atoms with E-state index in [0.29, 0.717) is 30.6 Å². The van der Waals surface area contributed by atoms with E-state index in [9.17, 15) is 8.42 Å². The van der Waals surface area contributed by atoms with Crippen LogP contribution in [-0.4, -0.2) is 43.6 Å². The first-order valence-corrected chi connectivity index (χ1v) is 8.04. The third-order valence-corrected chi connectivity index (χ3v) is 2.84. The summed E-state index contributed by atoms with van der Waals surface area (Å²) in [5.74, 6) is 0. The fraction of sp³-hybridized carbons (Fsp3) is 0.143. The summed E-state index contributed by atoms with van der Waals surface area (Å²) in [7, 11) is -3.67. The summed E-state index contributed by atoms with van der Waals surface area (Å²) in [5.41, 5.74) is 0. The molecule has 0 aromatic heterocycles. The van der Waals surface area contributed by atoms with Gasteiger partial charge in [0, 0.05) is 0 Å². The van der Waals surface area contributed by atoms with Gasteiger partial charge in [-0.2, -0.15) is 8.42 Å². The normalized spacial score (nSPS) is 9.83. The Morgan fingerprint density at radius 1 is 1.25 bits per heavy atom. The van der Waals surface area contributed by atoms with Gasteiger partial charge in [-0.3, -0.25) is 4.55 Å². The third-order valence-electron chi connectivity index (χ3n) is 0.940. The van der Waals surface area contributed by atoms with Crippen molar-refractivity contribution in [2.75, 3.05) is 6.26 Å². The van der Waals surface area contributed by atoms with E-state index in [1.165, 1.54) is 3.32 Å². The summed E-state index contributed by atoms with van der Waals surface area (Å²) in [4.78, 5) is 0. The second kappa shape index (κ2) is 5.61. The first kappa shape index (κ1) is 12.0. The maximum absolute atomic E-state index is 9.19. The predicted molar refractivity (Wildman–Crippen MR) is 52.1 cm³/mol. The summed E-state index contributed by atoms with van der Waals surface area (Å²) in [6, 6.07) is 10.6. The molecule has 0 unspecified atom stereocenters. The molecule has 0 heterocycles. The topological polar surface area (TPSA) is 54.4 Å². The Bertz CT molecular complexity index is 299. The molecule has 66 valence electrons. The van der Waals surface area contributed by atoms with Crippen LogP contribution >= 0.6 is 0 Å². The van der Waals surface area contributed by atoms with Crippen LogP contribution in [0.1, 0.15) is 0 Å². The van der Waals surface area contributed by atoms with E-state index in [1.54, 1.807) is 0 Å². The van der Waals surface area contributed by atoms with Crippen molar-refractivity contribution < 1.29 is 13.0 Å². The quantitative estimate of drug-likeness (QED) is 0.652. The monoisotopic (exact) mass is 290 g/mol. The first-order chi connectivity index (χ1) is 5.39. The Morgan fingerprint density at radius 3 is 1.75 bits per heavy atom. The molecule has 0 radical (unpaired) electrons. The number of benzene rings is 1. The van der Waals surface area contributed by atoms with Gasteiger partial charge in [-0.15, -0.1) is 0 Å². The summed E-state index contributed by atoms with van der Waals surface area (Å²) < 4.78 is 27.4. The van der Waals surface area contributed by atoms with Crippen molar-refractivity contribution in [3.8, 4) is 0 Å². The van der Waals surface area contributed by atoms with E-state index >= 15 is 0 Å². The van der Waals surface area contributed by atoms with Crippen LogP contribution in [0.15, 0.2) is 30.3 Å². The van der Waals surface area contributed by atoms with Crippen LogP contribution in [0.3, 0.4) is 0 Å². The number of hydrogen-bond acceptors (Lipinski definition) is 2. The molecule has 0 spiro atoms. The molecule has 5 heteroatoms. The van der Waals surface area contributed by atoms with Gasteiger partial charge in [-0.1, -0.05) is 0 Å². The van der Waals surface area contributed by atoms with Crippen molar-refractivity contribution >= 4 is 37.8 Å². The molecule has 0 aliphatic carbocycles. The van der Waals surface area contributed by atoms with E-state index in [4.69, 9.17) is 4.55 Å². The van der Waals surface area contributed by atoms with Crippen molar-refractivity contribution in [2.45, 2.75) is 0 Å². The Balaban J connectivity index is 0.000000217. The van der Waals surface area contributed by atoms with Crippen LogP contribution in [0.5, 0.6) is 0 Å². The molecule has 12 heavy (non-hydrogen) atoms. The van der Waals surface area contributed by atoms with Crippen LogP contribution in [0.2, 0.25) is 0 Å². The van der Waals surface area contributed by atoms with Gasteiger partial charge in [-0.25, -0.2) is 0 Å². The van der Waals surface area contributed by atoms with Crippen LogP contribution in [0.4, 0.5) is 0 Å². The molecule has 0 aliphatic rings. The van der Waals surface area contributed by atoms with Gasteiger partial charge in [0.2, 0.25) is 0 Å². The summed E-state index contributed by atoms with van der Waals surface area (Å²) in [5, 5.41) is 0. The van der Waals surface area contributed by atoms with Gasteiger partial charge in [0.1, 0.15) is 0 Å². The van der Waals surface area contributed by atoms with Gasteiger partial charge in [0.15, 0.2) is 0 Å². The Kier molecular flexibility index (Phi) is 5.61. The zero-order valence-electron chi connectivity index (χ0n) is 7.06. The number of rotatable bonds is 0. The van der Waals surface area contributed by atoms with E-state index < -0.39 is 10.1 Å². The molecular weight excluding hydrogens is 279 g/mol. The van der Waals surface area contributed by atoms with Crippen molar-refractivity contribution in [3.63, 3.8) is 0 Å². The van der Waals surface area contributed by atoms with Crippen molar-refractivity contribution in [3.05, 3.63) is 30.3 Å². The van der Waals surface area contributed by atoms with Crippen LogP contribution < -0.4 is 3.32 Å². The molecule has 1 N–H and O–H groups in total. The Morgan fingerprint density at radius 2 is 1.58 bits per heavy atom. The first-order valence-electron chi connectivity index (χ1n) is 3.33. The molecule has 0 bridgehead atoms. The zero-order chi connectivity index (χ0) is 9.61. The second-order valence-electron chi connectivity index (χ2n) is 2.39. The Labute approximate surface area is 87.1 Å². The summed E-state index contributed by atoms with van der Waals surface area (Å²) in [6.45, 7) is 0. The maximum atomic E-state index is 9.19. The summed E-state index contributed by atoms with van der Waals surface area (Å²) in [6.07, 6.45) is 0.715. The molecule has 0 saturated heterocycles. The van der Waals surface area contributed by atoms with E-state index in [0.717, 1.165) is 0 Å². The average molecular weight is 290 g/mol. The Hall–Kier alpha value is 0.000130. The standard InChI is InChI=1S/C6H5.CH4O3S.In.2H/c1-2-4-6-5-3-1;1-5(2,3)4;;;/h1-5H;1H3,(H,2,3,4);;;. The minimum atomic E-state index is -3.67. The number of hydrogen-bond donors (Lipinski definition) is 1. The molecule has 0 saturated carbocycles. The molecular formula is C7H11InO3S. The second-order valence-corrected chi connectivity index (χ2v) is 7.15. The van der Waals surface area contributed by atoms with Crippen LogP contribution in [-0.2, 0) is 10.1 Å². The van der Waals surface area contributed by atoms with Crippen molar-refractivity contribution in [1.29, 1.82) is 0 Å². The zero-order valence-corrected chi connectivity index (χ0v) is 13.6. The fourth-order valence-corrected chi connectivity index (χ4v) is 1.63. The summed E-state index contributed by atoms with van der Waals surface area (Å²) >= 11 is 0.708. The van der Waals surface area contributed by atoms with Gasteiger partial charge >= 0.3 is 58.0 Å². The molecule has 0 fully saturated rings. The van der Waals surface area contributed by atoms with E-state index in [-0.39, 0.29) is 0 Å². The van der Waals surface area contributed by atoms with Crippen LogP contribution in [0, 0.1) is 0 Å². The molecule has 1 aromatic carbocycles. The van der Waals surface area contributed by atoms with Crippen molar-refractivity contribution in [1.82, 2.24) is 0 Å². The third kappa shape index (κ3) is 12.7. The van der Waals surface area contributed by atoms with Gasteiger partial charge < -0.3 is 0 Å². The molecule has 0 amide bonds. The van der Waals surface area contributed by atoms with E-state index in [2.05, 4.69) is 30.3 Å². The molecule has 1 rings (SSSR count). The molecule has 0 aliphatic heterocycles.